The Balaban J connectivity index is 2.20. The molecule has 1 aromatic carbocycles. The zero-order chi connectivity index (χ0) is 19.6. The average molecular weight is 375 g/mol. The van der Waals surface area contributed by atoms with Crippen LogP contribution in [0.4, 0.5) is 17.6 Å². The summed E-state index contributed by atoms with van der Waals surface area (Å²) in [6.07, 6.45) is -5.22. The van der Waals surface area contributed by atoms with Crippen molar-refractivity contribution in [3.05, 3.63) is 35.1 Å². The molecule has 9 heteroatoms. The minimum absolute atomic E-state index is 0.0532. The molecule has 26 heavy (non-hydrogen) atoms. The molecule has 3 N–H and O–H groups in total. The Morgan fingerprint density at radius 2 is 1.96 bits per heavy atom. The lowest BCUT2D eigenvalue weighted by Gasteiger charge is -2.31. The van der Waals surface area contributed by atoms with E-state index in [1.54, 1.807) is 20.8 Å². The standard InChI is InChI=1S/C17H21F4N3O2/c1-8(2)15(10-4-5-11(12(18)6-10)17(19,20)21)24-16(26)13-7-14(25)23-9(3)22-13/h4-6,8-9,13,15,22H,7H2,1-3H3,(H,23,25)(H,24,26)/t9?,13?,15-/m1/s1. The molecular formula is C17H21F4N3O2. The first-order chi connectivity index (χ1) is 12.0. The Hall–Kier alpha value is -2.16. The van der Waals surface area contributed by atoms with E-state index in [0.717, 1.165) is 12.1 Å². The minimum atomic E-state index is -4.78. The minimum Gasteiger partial charge on any atom is -0.348 e. The topological polar surface area (TPSA) is 70.2 Å². The highest BCUT2D eigenvalue weighted by atomic mass is 19.4. The fourth-order valence-corrected chi connectivity index (χ4v) is 2.90. The van der Waals surface area contributed by atoms with Gasteiger partial charge < -0.3 is 10.6 Å². The summed E-state index contributed by atoms with van der Waals surface area (Å²) in [7, 11) is 0. The van der Waals surface area contributed by atoms with Gasteiger partial charge in [0, 0.05) is 0 Å². The number of hydrogen-bond donors (Lipinski definition) is 3. The van der Waals surface area contributed by atoms with Crippen LogP contribution >= 0.6 is 0 Å². The molecule has 1 aromatic rings. The number of benzene rings is 1. The van der Waals surface area contributed by atoms with Gasteiger partial charge in [-0.15, -0.1) is 0 Å². The number of rotatable bonds is 4. The van der Waals surface area contributed by atoms with Crippen LogP contribution in [0.1, 0.15) is 44.4 Å². The van der Waals surface area contributed by atoms with E-state index in [1.807, 2.05) is 0 Å². The van der Waals surface area contributed by atoms with Crippen molar-refractivity contribution in [2.24, 2.45) is 5.92 Å². The first-order valence-corrected chi connectivity index (χ1v) is 8.21. The van der Waals surface area contributed by atoms with Gasteiger partial charge in [0.15, 0.2) is 0 Å². The highest BCUT2D eigenvalue weighted by molar-refractivity contribution is 5.89. The van der Waals surface area contributed by atoms with Gasteiger partial charge in [-0.3, -0.25) is 14.9 Å². The van der Waals surface area contributed by atoms with E-state index < -0.39 is 35.5 Å². The molecule has 0 radical (unpaired) electrons. The summed E-state index contributed by atoms with van der Waals surface area (Å²) in [5.41, 5.74) is -1.12. The number of carbonyl (C=O) groups excluding carboxylic acids is 2. The van der Waals surface area contributed by atoms with Gasteiger partial charge in [-0.05, 0) is 30.5 Å². The number of hydrogen-bond acceptors (Lipinski definition) is 3. The van der Waals surface area contributed by atoms with Crippen molar-refractivity contribution in [2.75, 3.05) is 0 Å². The summed E-state index contributed by atoms with van der Waals surface area (Å²) in [5, 5.41) is 8.23. The van der Waals surface area contributed by atoms with Crippen LogP contribution in [0, 0.1) is 11.7 Å². The second-order valence-corrected chi connectivity index (χ2v) is 6.68. The van der Waals surface area contributed by atoms with Crippen molar-refractivity contribution in [3.8, 4) is 0 Å². The van der Waals surface area contributed by atoms with Crippen molar-refractivity contribution in [2.45, 2.75) is 51.6 Å². The molecule has 2 unspecified atom stereocenters. The monoisotopic (exact) mass is 375 g/mol. The van der Waals surface area contributed by atoms with E-state index in [1.165, 1.54) is 0 Å². The smallest absolute Gasteiger partial charge is 0.348 e. The summed E-state index contributed by atoms with van der Waals surface area (Å²) in [4.78, 5) is 24.0. The predicted octanol–water partition coefficient (Wildman–Crippen LogP) is 2.48. The summed E-state index contributed by atoms with van der Waals surface area (Å²) >= 11 is 0. The van der Waals surface area contributed by atoms with Crippen molar-refractivity contribution in [1.82, 2.24) is 16.0 Å². The second-order valence-electron chi connectivity index (χ2n) is 6.68. The Bertz CT molecular complexity index is 691. The zero-order valence-corrected chi connectivity index (χ0v) is 14.6. The number of nitrogens with one attached hydrogen (secondary N) is 3. The first-order valence-electron chi connectivity index (χ1n) is 8.21. The Morgan fingerprint density at radius 3 is 2.46 bits per heavy atom. The zero-order valence-electron chi connectivity index (χ0n) is 14.6. The van der Waals surface area contributed by atoms with Gasteiger partial charge in [0.05, 0.1) is 30.2 Å². The number of halogens is 4. The third kappa shape index (κ3) is 4.72. The fraction of sp³-hybridized carbons (Fsp3) is 0.529. The van der Waals surface area contributed by atoms with Crippen LogP contribution < -0.4 is 16.0 Å². The SMILES string of the molecule is CC1NC(=O)CC(C(=O)N[C@@H](c2ccc(C(F)(F)F)c(F)c2)C(C)C)N1. The van der Waals surface area contributed by atoms with Crippen LogP contribution in [-0.4, -0.2) is 24.0 Å². The second kappa shape index (κ2) is 7.61. The molecule has 144 valence electrons. The number of amides is 2. The maximum Gasteiger partial charge on any atom is 0.419 e. The van der Waals surface area contributed by atoms with Crippen LogP contribution in [0.2, 0.25) is 0 Å². The quantitative estimate of drug-likeness (QED) is 0.708. The van der Waals surface area contributed by atoms with Gasteiger partial charge in [-0.1, -0.05) is 19.9 Å². The molecule has 0 bridgehead atoms. The van der Waals surface area contributed by atoms with Crippen LogP contribution in [0.3, 0.4) is 0 Å². The van der Waals surface area contributed by atoms with Crippen molar-refractivity contribution >= 4 is 11.8 Å². The van der Waals surface area contributed by atoms with Gasteiger partial charge in [-0.2, -0.15) is 13.2 Å². The van der Waals surface area contributed by atoms with Gasteiger partial charge in [0.1, 0.15) is 5.82 Å². The molecule has 5 nitrogen and oxygen atoms in total. The van der Waals surface area contributed by atoms with Crippen LogP contribution in [-0.2, 0) is 15.8 Å². The van der Waals surface area contributed by atoms with Crippen molar-refractivity contribution < 1.29 is 27.2 Å². The average Bonchev–Trinajstić information content (AvgIpc) is 2.49. The molecule has 1 fully saturated rings. The van der Waals surface area contributed by atoms with Gasteiger partial charge >= 0.3 is 6.18 Å². The van der Waals surface area contributed by atoms with E-state index in [4.69, 9.17) is 0 Å². The lowest BCUT2D eigenvalue weighted by Crippen LogP contribution is -2.59. The lowest BCUT2D eigenvalue weighted by molar-refractivity contribution is -0.140. The first kappa shape index (κ1) is 20.2. The highest BCUT2D eigenvalue weighted by Crippen LogP contribution is 2.33. The van der Waals surface area contributed by atoms with E-state index in [0.29, 0.717) is 6.07 Å². The normalized spacial score (nSPS) is 22.1. The van der Waals surface area contributed by atoms with Crippen LogP contribution in [0.15, 0.2) is 18.2 Å². The summed E-state index contributed by atoms with van der Waals surface area (Å²) in [6, 6.07) is 1.15. The van der Waals surface area contributed by atoms with Crippen molar-refractivity contribution in [1.29, 1.82) is 0 Å². The molecule has 1 saturated heterocycles. The van der Waals surface area contributed by atoms with Gasteiger partial charge in [0.2, 0.25) is 11.8 Å². The maximum absolute atomic E-state index is 13.9. The van der Waals surface area contributed by atoms with Crippen LogP contribution in [0.25, 0.3) is 0 Å². The molecule has 1 aliphatic heterocycles. The largest absolute Gasteiger partial charge is 0.419 e. The molecule has 0 aromatic heterocycles. The van der Waals surface area contributed by atoms with E-state index >= 15 is 0 Å². The Labute approximate surface area is 148 Å². The predicted molar refractivity (Wildman–Crippen MR) is 86.3 cm³/mol. The van der Waals surface area contributed by atoms with Crippen LogP contribution in [0.5, 0.6) is 0 Å². The molecule has 2 rings (SSSR count). The molecule has 0 spiro atoms. The molecule has 0 aliphatic carbocycles. The van der Waals surface area contributed by atoms with E-state index in [2.05, 4.69) is 16.0 Å². The lowest BCUT2D eigenvalue weighted by atomic mass is 9.94. The summed E-state index contributed by atoms with van der Waals surface area (Å²) < 4.78 is 52.0. The van der Waals surface area contributed by atoms with E-state index in [-0.39, 0.29) is 30.0 Å². The maximum atomic E-state index is 13.9. The molecule has 1 heterocycles. The fourth-order valence-electron chi connectivity index (χ4n) is 2.90. The molecular weight excluding hydrogens is 354 g/mol. The third-order valence-electron chi connectivity index (χ3n) is 4.16. The van der Waals surface area contributed by atoms with Crippen molar-refractivity contribution in [3.63, 3.8) is 0 Å². The molecule has 1 aliphatic rings. The number of alkyl halides is 3. The Kier molecular flexibility index (Phi) is 5.90. The third-order valence-corrected chi connectivity index (χ3v) is 4.16. The summed E-state index contributed by atoms with van der Waals surface area (Å²) in [5.74, 6) is -2.34. The molecule has 0 saturated carbocycles. The highest BCUT2D eigenvalue weighted by Gasteiger charge is 2.35. The van der Waals surface area contributed by atoms with Gasteiger partial charge in [0.25, 0.3) is 0 Å². The molecule has 2 amide bonds. The van der Waals surface area contributed by atoms with E-state index in [9.17, 15) is 27.2 Å². The molecule has 3 atom stereocenters. The van der Waals surface area contributed by atoms with Gasteiger partial charge in [-0.25, -0.2) is 4.39 Å². The summed E-state index contributed by atoms with van der Waals surface area (Å²) in [6.45, 7) is 5.19. The Morgan fingerprint density at radius 1 is 1.31 bits per heavy atom. The number of carbonyl (C=O) groups is 2.